The average molecular weight is 253 g/mol. The molecule has 0 saturated heterocycles. The van der Waals surface area contributed by atoms with Gasteiger partial charge in [-0.25, -0.2) is 4.79 Å². The minimum absolute atomic E-state index is 0.225. The lowest BCUT2D eigenvalue weighted by Gasteiger charge is -2.07. The second kappa shape index (κ2) is 6.83. The highest BCUT2D eigenvalue weighted by Crippen LogP contribution is 2.04. The molecule has 5 nitrogen and oxygen atoms in total. The molecule has 0 atom stereocenters. The van der Waals surface area contributed by atoms with Gasteiger partial charge in [-0.1, -0.05) is 13.8 Å². The predicted octanol–water partition coefficient (Wildman–Crippen LogP) is 1.86. The standard InChI is InChI=1S/C13H19NO4/c1-10(2)9-18-12(15)5-7-14-6-4-11(8-14)13(16)17-3/h4,6,8,10H,5,7,9H2,1-3H3. The molecule has 0 aliphatic rings. The van der Waals surface area contributed by atoms with Crippen LogP contribution in [0.3, 0.4) is 0 Å². The summed E-state index contributed by atoms with van der Waals surface area (Å²) in [6.07, 6.45) is 3.69. The van der Waals surface area contributed by atoms with Crippen molar-refractivity contribution in [1.29, 1.82) is 0 Å². The summed E-state index contributed by atoms with van der Waals surface area (Å²) in [7, 11) is 1.34. The molecule has 0 unspecified atom stereocenters. The average Bonchev–Trinajstić information content (AvgIpc) is 2.81. The van der Waals surface area contributed by atoms with Gasteiger partial charge in [0.1, 0.15) is 0 Å². The Kier molecular flexibility index (Phi) is 5.42. The Balaban J connectivity index is 2.37. The Labute approximate surface area is 107 Å². The molecule has 0 N–H and O–H groups in total. The van der Waals surface area contributed by atoms with E-state index >= 15 is 0 Å². The number of nitrogens with zero attached hydrogens (tertiary/aromatic N) is 1. The minimum atomic E-state index is -0.379. The van der Waals surface area contributed by atoms with Gasteiger partial charge >= 0.3 is 11.9 Å². The maximum Gasteiger partial charge on any atom is 0.339 e. The SMILES string of the molecule is COC(=O)c1ccn(CCC(=O)OCC(C)C)c1. The number of hydrogen-bond donors (Lipinski definition) is 0. The summed E-state index contributed by atoms with van der Waals surface area (Å²) in [5.74, 6) is -0.264. The van der Waals surface area contributed by atoms with Crippen molar-refractivity contribution < 1.29 is 19.1 Å². The van der Waals surface area contributed by atoms with Gasteiger partial charge in [0.05, 0.1) is 25.7 Å². The van der Waals surface area contributed by atoms with Gasteiger partial charge in [-0.3, -0.25) is 4.79 Å². The number of aromatic nitrogens is 1. The van der Waals surface area contributed by atoms with Gasteiger partial charge < -0.3 is 14.0 Å². The zero-order valence-corrected chi connectivity index (χ0v) is 11.0. The molecule has 1 aromatic rings. The first-order chi connectivity index (χ1) is 8.52. The number of carbonyl (C=O) groups is 2. The number of esters is 2. The summed E-state index contributed by atoms with van der Waals surface area (Å²) in [5, 5.41) is 0. The summed E-state index contributed by atoms with van der Waals surface area (Å²) in [6.45, 7) is 4.91. The normalized spacial score (nSPS) is 10.4. The molecule has 1 heterocycles. The number of aryl methyl sites for hydroxylation is 1. The fourth-order valence-corrected chi connectivity index (χ4v) is 1.37. The van der Waals surface area contributed by atoms with Crippen LogP contribution in [0.2, 0.25) is 0 Å². The second-order valence-electron chi connectivity index (χ2n) is 4.46. The van der Waals surface area contributed by atoms with Crippen molar-refractivity contribution in [1.82, 2.24) is 4.57 Å². The Hall–Kier alpha value is -1.78. The first-order valence-corrected chi connectivity index (χ1v) is 5.92. The van der Waals surface area contributed by atoms with E-state index in [1.54, 1.807) is 23.0 Å². The van der Waals surface area contributed by atoms with E-state index in [-0.39, 0.29) is 11.9 Å². The van der Waals surface area contributed by atoms with Crippen LogP contribution in [0.25, 0.3) is 0 Å². The maximum atomic E-state index is 11.4. The fraction of sp³-hybridized carbons (Fsp3) is 0.538. The maximum absolute atomic E-state index is 11.4. The lowest BCUT2D eigenvalue weighted by atomic mass is 10.2. The van der Waals surface area contributed by atoms with Crippen LogP contribution in [-0.2, 0) is 20.8 Å². The lowest BCUT2D eigenvalue weighted by molar-refractivity contribution is -0.144. The molecule has 18 heavy (non-hydrogen) atoms. The predicted molar refractivity (Wildman–Crippen MR) is 66.2 cm³/mol. The summed E-state index contributed by atoms with van der Waals surface area (Å²) in [4.78, 5) is 22.6. The van der Waals surface area contributed by atoms with Crippen LogP contribution in [0.15, 0.2) is 18.5 Å². The zero-order chi connectivity index (χ0) is 13.5. The molecule has 0 spiro atoms. The molecule has 0 amide bonds. The van der Waals surface area contributed by atoms with Crippen LogP contribution >= 0.6 is 0 Å². The molecule has 100 valence electrons. The monoisotopic (exact) mass is 253 g/mol. The fourth-order valence-electron chi connectivity index (χ4n) is 1.37. The van der Waals surface area contributed by atoms with Crippen LogP contribution in [0, 0.1) is 5.92 Å². The third-order valence-electron chi connectivity index (χ3n) is 2.32. The molecule has 0 saturated carbocycles. The molecule has 0 aromatic carbocycles. The molecular formula is C13H19NO4. The molecule has 0 bridgehead atoms. The number of carbonyl (C=O) groups excluding carboxylic acids is 2. The first kappa shape index (κ1) is 14.3. The molecule has 1 aromatic heterocycles. The van der Waals surface area contributed by atoms with Gasteiger partial charge in [-0.15, -0.1) is 0 Å². The smallest absolute Gasteiger partial charge is 0.339 e. The number of hydrogen-bond acceptors (Lipinski definition) is 4. The minimum Gasteiger partial charge on any atom is -0.465 e. The van der Waals surface area contributed by atoms with E-state index in [0.29, 0.717) is 31.1 Å². The van der Waals surface area contributed by atoms with E-state index < -0.39 is 0 Å². The topological polar surface area (TPSA) is 57.5 Å². The van der Waals surface area contributed by atoms with Gasteiger partial charge in [0.25, 0.3) is 0 Å². The van der Waals surface area contributed by atoms with E-state index in [9.17, 15) is 9.59 Å². The quantitative estimate of drug-likeness (QED) is 0.726. The molecular weight excluding hydrogens is 234 g/mol. The molecule has 0 fully saturated rings. The summed E-state index contributed by atoms with van der Waals surface area (Å²) in [5.41, 5.74) is 0.480. The van der Waals surface area contributed by atoms with Crippen molar-refractivity contribution in [3.8, 4) is 0 Å². The molecule has 1 rings (SSSR count). The lowest BCUT2D eigenvalue weighted by Crippen LogP contribution is -2.12. The van der Waals surface area contributed by atoms with Gasteiger partial charge in [0, 0.05) is 18.9 Å². The summed E-state index contributed by atoms with van der Waals surface area (Å²) < 4.78 is 11.4. The van der Waals surface area contributed by atoms with E-state index in [1.807, 2.05) is 13.8 Å². The van der Waals surface area contributed by atoms with E-state index in [2.05, 4.69) is 4.74 Å². The van der Waals surface area contributed by atoms with Gasteiger partial charge in [-0.05, 0) is 12.0 Å². The van der Waals surface area contributed by atoms with Crippen LogP contribution in [0.5, 0.6) is 0 Å². The van der Waals surface area contributed by atoms with Crippen LogP contribution in [0.4, 0.5) is 0 Å². The van der Waals surface area contributed by atoms with Crippen LogP contribution in [-0.4, -0.2) is 30.2 Å². The Morgan fingerprint density at radius 1 is 1.39 bits per heavy atom. The number of ether oxygens (including phenoxy) is 2. The summed E-state index contributed by atoms with van der Waals surface area (Å²) in [6, 6.07) is 1.66. The Morgan fingerprint density at radius 2 is 2.11 bits per heavy atom. The number of methoxy groups -OCH3 is 1. The van der Waals surface area contributed by atoms with Gasteiger partial charge in [0.2, 0.25) is 0 Å². The van der Waals surface area contributed by atoms with E-state index in [1.165, 1.54) is 7.11 Å². The van der Waals surface area contributed by atoms with E-state index in [4.69, 9.17) is 4.74 Å². The molecule has 5 heteroatoms. The highest BCUT2D eigenvalue weighted by molar-refractivity contribution is 5.89. The highest BCUT2D eigenvalue weighted by atomic mass is 16.5. The van der Waals surface area contributed by atoms with Crippen molar-refractivity contribution in [3.63, 3.8) is 0 Å². The van der Waals surface area contributed by atoms with Crippen molar-refractivity contribution in [3.05, 3.63) is 24.0 Å². The third-order valence-corrected chi connectivity index (χ3v) is 2.32. The first-order valence-electron chi connectivity index (χ1n) is 5.92. The molecule has 0 radical (unpaired) electrons. The van der Waals surface area contributed by atoms with Crippen LogP contribution < -0.4 is 0 Å². The third kappa shape index (κ3) is 4.61. The highest BCUT2D eigenvalue weighted by Gasteiger charge is 2.08. The van der Waals surface area contributed by atoms with Crippen molar-refractivity contribution in [2.45, 2.75) is 26.8 Å². The largest absolute Gasteiger partial charge is 0.465 e. The van der Waals surface area contributed by atoms with Crippen molar-refractivity contribution in [2.24, 2.45) is 5.92 Å². The van der Waals surface area contributed by atoms with Crippen molar-refractivity contribution in [2.75, 3.05) is 13.7 Å². The van der Waals surface area contributed by atoms with Gasteiger partial charge in [0.15, 0.2) is 0 Å². The Morgan fingerprint density at radius 3 is 2.72 bits per heavy atom. The second-order valence-corrected chi connectivity index (χ2v) is 4.46. The van der Waals surface area contributed by atoms with Crippen LogP contribution in [0.1, 0.15) is 30.6 Å². The molecule has 0 aliphatic carbocycles. The Bertz CT molecular complexity index is 409. The summed E-state index contributed by atoms with van der Waals surface area (Å²) >= 11 is 0. The zero-order valence-electron chi connectivity index (χ0n) is 11.0. The van der Waals surface area contributed by atoms with Gasteiger partial charge in [-0.2, -0.15) is 0 Å². The van der Waals surface area contributed by atoms with Crippen molar-refractivity contribution >= 4 is 11.9 Å². The van der Waals surface area contributed by atoms with E-state index in [0.717, 1.165) is 0 Å². The molecule has 0 aliphatic heterocycles. The number of rotatable bonds is 6.